The number of carbonyl (C=O) groups excluding carboxylic acids is 1. The highest BCUT2D eigenvalue weighted by Gasteiger charge is 2.25. The van der Waals surface area contributed by atoms with E-state index >= 15 is 0 Å². The molecule has 23 heavy (non-hydrogen) atoms. The van der Waals surface area contributed by atoms with Crippen LogP contribution in [0.25, 0.3) is 0 Å². The second-order valence-electron chi connectivity index (χ2n) is 4.29. The molecule has 3 rings (SSSR count). The van der Waals surface area contributed by atoms with E-state index in [0.29, 0.717) is 6.61 Å². The first kappa shape index (κ1) is 17.4. The molecule has 1 aliphatic rings. The van der Waals surface area contributed by atoms with Crippen LogP contribution >= 0.6 is 27.7 Å². The molecular weight excluding hydrogens is 380 g/mol. The van der Waals surface area contributed by atoms with Crippen LogP contribution < -0.4 is 5.32 Å². The van der Waals surface area contributed by atoms with Gasteiger partial charge in [0, 0.05) is 21.8 Å². The van der Waals surface area contributed by atoms with Crippen molar-refractivity contribution in [1.82, 2.24) is 4.98 Å². The van der Waals surface area contributed by atoms with Gasteiger partial charge in [0.15, 0.2) is 4.91 Å². The van der Waals surface area contributed by atoms with E-state index in [2.05, 4.69) is 26.2 Å². The van der Waals surface area contributed by atoms with Crippen LogP contribution in [0.2, 0.25) is 0 Å². The topological polar surface area (TPSA) is 71.5 Å². The molecule has 2 heterocycles. The molecule has 0 saturated carbocycles. The summed E-state index contributed by atoms with van der Waals surface area (Å²) < 4.78 is 5.85. The second-order valence-corrected chi connectivity index (χ2v) is 6.26. The highest BCUT2D eigenvalue weighted by atomic mass is 79.9. The van der Waals surface area contributed by atoms with Crippen molar-refractivity contribution in [2.75, 3.05) is 11.9 Å². The van der Waals surface area contributed by atoms with Gasteiger partial charge in [0.05, 0.1) is 12.3 Å². The molecule has 1 aliphatic heterocycles. The third-order valence-corrected chi connectivity index (χ3v) is 4.27. The Morgan fingerprint density at radius 1 is 1.35 bits per heavy atom. The van der Waals surface area contributed by atoms with Gasteiger partial charge in [-0.1, -0.05) is 33.8 Å². The third-order valence-electron chi connectivity index (χ3n) is 2.65. The summed E-state index contributed by atoms with van der Waals surface area (Å²) >= 11 is 4.55. The van der Waals surface area contributed by atoms with Gasteiger partial charge in [0.2, 0.25) is 0 Å². The van der Waals surface area contributed by atoms with Gasteiger partial charge >= 0.3 is 0 Å². The molecule has 2 N–H and O–H groups in total. The van der Waals surface area contributed by atoms with E-state index in [1.807, 2.05) is 30.3 Å². The van der Waals surface area contributed by atoms with Crippen LogP contribution in [-0.2, 0) is 9.53 Å². The maximum Gasteiger partial charge on any atom is 0.297 e. The Bertz CT molecular complexity index is 681. The number of benzene rings is 1. The third kappa shape index (κ3) is 5.01. The number of pyridine rings is 1. The molecule has 120 valence electrons. The van der Waals surface area contributed by atoms with Gasteiger partial charge in [-0.25, -0.2) is 0 Å². The smallest absolute Gasteiger partial charge is 0.297 e. The second kappa shape index (κ2) is 8.59. The molecule has 1 aromatic heterocycles. The fourth-order valence-corrected chi connectivity index (χ4v) is 3.11. The average molecular weight is 395 g/mol. The van der Waals surface area contributed by atoms with E-state index in [-0.39, 0.29) is 16.8 Å². The zero-order chi connectivity index (χ0) is 16.7. The van der Waals surface area contributed by atoms with Gasteiger partial charge in [-0.2, -0.15) is 0 Å². The number of ether oxygens (including phenoxy) is 1. The van der Waals surface area contributed by atoms with Crippen LogP contribution in [0.15, 0.2) is 69.0 Å². The minimum absolute atomic E-state index is 0.178. The zero-order valence-electron chi connectivity index (χ0n) is 12.3. The number of aromatic nitrogens is 1. The first-order valence-corrected chi connectivity index (χ1v) is 8.42. The van der Waals surface area contributed by atoms with Crippen molar-refractivity contribution in [3.63, 3.8) is 0 Å². The summed E-state index contributed by atoms with van der Waals surface area (Å²) in [6.07, 6.45) is 3.50. The maximum absolute atomic E-state index is 11.7. The van der Waals surface area contributed by atoms with Crippen molar-refractivity contribution >= 4 is 39.3 Å². The molecule has 2 aromatic rings. The standard InChI is InChI=1S/C11H10BrNO3S.C5H5N/c1-2-16-11(15)9-10(14)13-7-4-3-6(12)5-8(7)17-9;1-2-4-6-5-3-1/h3-5,15H,2H2,1H3,(H,13,14);1-5H. The lowest BCUT2D eigenvalue weighted by atomic mass is 10.3. The number of amides is 1. The molecule has 7 heteroatoms. The number of hydrogen-bond donors (Lipinski definition) is 2. The number of fused-ring (bicyclic) bond motifs is 1. The maximum atomic E-state index is 11.7. The van der Waals surface area contributed by atoms with Crippen LogP contribution in [0, 0.1) is 0 Å². The number of aliphatic hydroxyl groups excluding tert-OH is 1. The Balaban J connectivity index is 0.000000268. The molecule has 0 aliphatic carbocycles. The monoisotopic (exact) mass is 394 g/mol. The van der Waals surface area contributed by atoms with Crippen molar-refractivity contribution in [2.45, 2.75) is 11.8 Å². The lowest BCUT2D eigenvalue weighted by Gasteiger charge is -2.19. The fourth-order valence-electron chi connectivity index (χ4n) is 1.67. The van der Waals surface area contributed by atoms with Crippen LogP contribution in [0.5, 0.6) is 0 Å². The van der Waals surface area contributed by atoms with Gasteiger partial charge in [0.25, 0.3) is 11.9 Å². The van der Waals surface area contributed by atoms with Crippen molar-refractivity contribution in [2.24, 2.45) is 0 Å². The number of aliphatic hydroxyl groups is 1. The first-order chi connectivity index (χ1) is 11.1. The largest absolute Gasteiger partial charge is 0.480 e. The lowest BCUT2D eigenvalue weighted by Crippen LogP contribution is -2.19. The molecule has 0 spiro atoms. The lowest BCUT2D eigenvalue weighted by molar-refractivity contribution is -0.112. The van der Waals surface area contributed by atoms with E-state index in [0.717, 1.165) is 15.1 Å². The van der Waals surface area contributed by atoms with E-state index < -0.39 is 0 Å². The van der Waals surface area contributed by atoms with Crippen molar-refractivity contribution in [1.29, 1.82) is 0 Å². The minimum Gasteiger partial charge on any atom is -0.480 e. The summed E-state index contributed by atoms with van der Waals surface area (Å²) in [7, 11) is 0. The average Bonchev–Trinajstić information content (AvgIpc) is 2.57. The van der Waals surface area contributed by atoms with Crippen molar-refractivity contribution in [3.8, 4) is 0 Å². The quantitative estimate of drug-likeness (QED) is 0.585. The summed E-state index contributed by atoms with van der Waals surface area (Å²) in [6.45, 7) is 2.06. The number of halogens is 1. The highest BCUT2D eigenvalue weighted by Crippen LogP contribution is 2.40. The number of rotatable bonds is 2. The predicted molar refractivity (Wildman–Crippen MR) is 94.1 cm³/mol. The normalized spacial score (nSPS) is 14.8. The number of nitrogens with zero attached hydrogens (tertiary/aromatic N) is 1. The Morgan fingerprint density at radius 2 is 2.09 bits per heavy atom. The summed E-state index contributed by atoms with van der Waals surface area (Å²) in [5.41, 5.74) is 0.733. The number of hydrogen-bond acceptors (Lipinski definition) is 5. The number of carbonyl (C=O) groups is 1. The van der Waals surface area contributed by atoms with Gasteiger partial charge in [-0.3, -0.25) is 9.78 Å². The zero-order valence-corrected chi connectivity index (χ0v) is 14.7. The Morgan fingerprint density at radius 3 is 2.65 bits per heavy atom. The van der Waals surface area contributed by atoms with Crippen LogP contribution in [-0.4, -0.2) is 22.6 Å². The minimum atomic E-state index is -0.351. The molecule has 0 fully saturated rings. The summed E-state index contributed by atoms with van der Waals surface area (Å²) in [4.78, 5) is 16.5. The van der Waals surface area contributed by atoms with Crippen molar-refractivity contribution < 1.29 is 14.6 Å². The Hall–Kier alpha value is -1.99. The molecule has 0 atom stereocenters. The van der Waals surface area contributed by atoms with Gasteiger partial charge in [-0.15, -0.1) is 0 Å². The number of anilines is 1. The van der Waals surface area contributed by atoms with Gasteiger partial charge in [0.1, 0.15) is 0 Å². The Kier molecular flexibility index (Phi) is 6.49. The van der Waals surface area contributed by atoms with Gasteiger partial charge in [-0.05, 0) is 37.3 Å². The van der Waals surface area contributed by atoms with E-state index in [1.54, 1.807) is 25.4 Å². The fraction of sp³-hybridized carbons (Fsp3) is 0.125. The van der Waals surface area contributed by atoms with Crippen LogP contribution in [0.4, 0.5) is 5.69 Å². The summed E-state index contributed by atoms with van der Waals surface area (Å²) in [5, 5.41) is 12.3. The highest BCUT2D eigenvalue weighted by molar-refractivity contribution is 9.10. The molecule has 0 unspecified atom stereocenters. The molecule has 0 radical (unpaired) electrons. The van der Waals surface area contributed by atoms with E-state index in [9.17, 15) is 9.90 Å². The molecule has 0 bridgehead atoms. The number of thioether (sulfide) groups is 1. The molecule has 1 amide bonds. The SMILES string of the molecule is CCOC(O)=C1Sc2cc(Br)ccc2NC1=O.c1ccncc1. The molecule has 1 aromatic carbocycles. The molecule has 5 nitrogen and oxygen atoms in total. The van der Waals surface area contributed by atoms with Crippen LogP contribution in [0.3, 0.4) is 0 Å². The molecular formula is C16H15BrN2O3S. The Labute approximate surface area is 146 Å². The van der Waals surface area contributed by atoms with E-state index in [4.69, 9.17) is 4.74 Å². The van der Waals surface area contributed by atoms with Gasteiger partial charge < -0.3 is 15.2 Å². The predicted octanol–water partition coefficient (Wildman–Crippen LogP) is 4.34. The van der Waals surface area contributed by atoms with Crippen molar-refractivity contribution in [3.05, 3.63) is 64.1 Å². The summed E-state index contributed by atoms with van der Waals surface area (Å²) in [5.74, 6) is -0.684. The number of nitrogens with one attached hydrogen (secondary N) is 1. The van der Waals surface area contributed by atoms with E-state index in [1.165, 1.54) is 11.8 Å². The summed E-state index contributed by atoms with van der Waals surface area (Å²) in [6, 6.07) is 11.2. The first-order valence-electron chi connectivity index (χ1n) is 6.81. The molecule has 0 saturated heterocycles. The van der Waals surface area contributed by atoms with Crippen LogP contribution in [0.1, 0.15) is 6.92 Å².